The Morgan fingerprint density at radius 2 is 1.93 bits per heavy atom. The number of rotatable bonds is 6. The molecule has 9 nitrogen and oxygen atoms in total. The first-order valence-electron chi connectivity index (χ1n) is 20.9. The minimum absolute atomic E-state index is 0.0315. The van der Waals surface area contributed by atoms with Crippen LogP contribution in [0.15, 0.2) is 83.2 Å². The highest BCUT2D eigenvalue weighted by Crippen LogP contribution is 2.51. The van der Waals surface area contributed by atoms with Gasteiger partial charge in [0.05, 0.1) is 35.9 Å². The van der Waals surface area contributed by atoms with Crippen LogP contribution < -0.4 is 20.5 Å². The van der Waals surface area contributed by atoms with Crippen LogP contribution >= 0.6 is 0 Å². The first kappa shape index (κ1) is 36.4. The molecular weight excluding hydrogens is 713 g/mol. The Kier molecular flexibility index (Phi) is 9.26. The molecule has 0 aromatic heterocycles. The average molecular weight is 763 g/mol. The number of ether oxygens (including phenoxy) is 2. The zero-order chi connectivity index (χ0) is 38.8. The Morgan fingerprint density at radius 1 is 1.07 bits per heavy atom. The van der Waals surface area contributed by atoms with Crippen LogP contribution in [0.2, 0.25) is 0 Å². The van der Waals surface area contributed by atoms with Gasteiger partial charge in [-0.25, -0.2) is 0 Å². The van der Waals surface area contributed by atoms with Gasteiger partial charge in [0, 0.05) is 55.1 Å². The number of hydrogen-bond donors (Lipinski definition) is 4. The molecule has 3 aliphatic carbocycles. The molecule has 5 N–H and O–H groups in total. The van der Waals surface area contributed by atoms with Gasteiger partial charge in [-0.05, 0) is 83.5 Å². The molecule has 2 bridgehead atoms. The molecule has 9 heteroatoms. The van der Waals surface area contributed by atoms with Crippen molar-refractivity contribution in [2.45, 2.75) is 101 Å². The predicted octanol–water partition coefficient (Wildman–Crippen LogP) is 6.36. The minimum Gasteiger partial charge on any atom is -0.465 e. The van der Waals surface area contributed by atoms with Crippen molar-refractivity contribution in [1.29, 1.82) is 0 Å². The van der Waals surface area contributed by atoms with Gasteiger partial charge in [-0.3, -0.25) is 15.1 Å². The van der Waals surface area contributed by atoms with Crippen LogP contribution in [0.3, 0.4) is 0 Å². The standard InChI is InChI=1S/C48H50N4O5/c1-28-4-8-30(9-5-28)41(55)23-32(53)11-6-29-7-17-42-43(22-29)57-47-38(48(20-21-56-42)18-2-3-19-48)15-16-40(54)34-13-14-35-44-31(24-51-46(35)49)10-12-33(45(34)44)36-25-50-39-27-52(47)26-37(36)39/h4,7-8,10,12-14,17,22,25-26,28,30-31,33,38,40-41,46-47,51,54-55H,2-3,5-6,9,11,18-19,23-24,27,49H2,1H3/t28-,30-,31-,33+,38+,40+,41-,46+,47+/m0/s1. The summed E-state index contributed by atoms with van der Waals surface area (Å²) in [6, 6.07) is 9.87. The molecule has 1 saturated carbocycles. The molecule has 2 aromatic rings. The third-order valence-corrected chi connectivity index (χ3v) is 13.8. The summed E-state index contributed by atoms with van der Waals surface area (Å²) >= 11 is 0. The van der Waals surface area contributed by atoms with E-state index in [1.807, 2.05) is 30.5 Å². The zero-order valence-corrected chi connectivity index (χ0v) is 32.4. The van der Waals surface area contributed by atoms with E-state index in [4.69, 9.17) is 20.2 Å². The van der Waals surface area contributed by atoms with E-state index in [0.717, 1.165) is 84.2 Å². The number of benzene rings is 2. The number of carbonyl (C=O) groups excluding carboxylic acids is 1. The highest BCUT2D eigenvalue weighted by Gasteiger charge is 2.49. The first-order valence-corrected chi connectivity index (χ1v) is 20.9. The lowest BCUT2D eigenvalue weighted by Crippen LogP contribution is -2.47. The van der Waals surface area contributed by atoms with E-state index in [9.17, 15) is 15.0 Å². The summed E-state index contributed by atoms with van der Waals surface area (Å²) in [5.74, 6) is 11.8. The third-order valence-electron chi connectivity index (χ3n) is 13.8. The van der Waals surface area contributed by atoms with Crippen molar-refractivity contribution in [3.05, 3.63) is 106 Å². The fraction of sp³-hybridized carbons (Fsp3) is 0.458. The highest BCUT2D eigenvalue weighted by atomic mass is 16.5. The molecule has 5 aliphatic heterocycles. The number of hydrogen-bond acceptors (Lipinski definition) is 9. The quantitative estimate of drug-likeness (QED) is 0.198. The molecule has 2 aromatic carbocycles. The van der Waals surface area contributed by atoms with E-state index in [1.54, 1.807) is 0 Å². The summed E-state index contributed by atoms with van der Waals surface area (Å²) in [6.45, 7) is 3.45. The van der Waals surface area contributed by atoms with Crippen LogP contribution in [0.25, 0.3) is 0 Å². The summed E-state index contributed by atoms with van der Waals surface area (Å²) in [6.07, 6.45) is 20.1. The largest absolute Gasteiger partial charge is 0.465 e. The number of aliphatic imine (C=N–C) groups is 1. The van der Waals surface area contributed by atoms with Crippen molar-refractivity contribution in [3.8, 4) is 35.4 Å². The van der Waals surface area contributed by atoms with Gasteiger partial charge in [-0.1, -0.05) is 80.0 Å². The van der Waals surface area contributed by atoms with Crippen LogP contribution in [0, 0.1) is 47.0 Å². The second-order valence-electron chi connectivity index (χ2n) is 17.4. The van der Waals surface area contributed by atoms with Crippen molar-refractivity contribution in [1.82, 2.24) is 10.2 Å². The maximum absolute atomic E-state index is 13.1. The third kappa shape index (κ3) is 6.46. The molecule has 0 amide bonds. The van der Waals surface area contributed by atoms with Crippen molar-refractivity contribution in [2.24, 2.45) is 33.9 Å². The minimum atomic E-state index is -1.04. The SMILES string of the molecule is C[C@H]1C=C[C@H]([C@@H](O)CC(=O)CCc2ccc3c(c2)O[C@@H]2[C@@H](C#C[C@@H](O)c4ccc5c6c4[C@H](C=C[C@H]6CN[C@H]5N)C4=CN=C5CN2C=C45)C2(C#CO3)CCCC2)CC1. The molecule has 57 heavy (non-hydrogen) atoms. The summed E-state index contributed by atoms with van der Waals surface area (Å²) in [5.41, 5.74) is 14.3. The Hall–Kier alpha value is -4.90. The number of aliphatic hydroxyl groups is 2. The fourth-order valence-corrected chi connectivity index (χ4v) is 10.5. The summed E-state index contributed by atoms with van der Waals surface area (Å²) < 4.78 is 13.3. The topological polar surface area (TPSA) is 130 Å². The maximum atomic E-state index is 13.1. The van der Waals surface area contributed by atoms with E-state index in [0.29, 0.717) is 36.8 Å². The first-order chi connectivity index (χ1) is 27.7. The number of aryl methyl sites for hydroxylation is 1. The van der Waals surface area contributed by atoms with E-state index in [2.05, 4.69) is 77.6 Å². The second-order valence-corrected chi connectivity index (χ2v) is 17.4. The molecule has 1 spiro atoms. The van der Waals surface area contributed by atoms with Crippen LogP contribution in [-0.4, -0.2) is 52.0 Å². The van der Waals surface area contributed by atoms with Crippen molar-refractivity contribution in [3.63, 3.8) is 0 Å². The summed E-state index contributed by atoms with van der Waals surface area (Å²) in [7, 11) is 0. The molecule has 292 valence electrons. The molecular formula is C48H50N4O5. The number of nitrogens with zero attached hydrogens (tertiary/aromatic N) is 2. The van der Waals surface area contributed by atoms with Gasteiger partial charge in [0.2, 0.25) is 0 Å². The number of aliphatic hydroxyl groups excluding tert-OH is 2. The van der Waals surface area contributed by atoms with Crippen LogP contribution in [-0.2, 0) is 11.2 Å². The van der Waals surface area contributed by atoms with Crippen LogP contribution in [0.4, 0.5) is 0 Å². The van der Waals surface area contributed by atoms with Gasteiger partial charge < -0.3 is 30.3 Å². The Bertz CT molecular complexity index is 2290. The monoisotopic (exact) mass is 762 g/mol. The van der Waals surface area contributed by atoms with E-state index in [1.165, 1.54) is 5.56 Å². The van der Waals surface area contributed by atoms with Gasteiger partial charge in [-0.15, -0.1) is 0 Å². The smallest absolute Gasteiger partial charge is 0.187 e. The fourth-order valence-electron chi connectivity index (χ4n) is 10.5. The second kappa shape index (κ2) is 14.5. The van der Waals surface area contributed by atoms with Gasteiger partial charge >= 0.3 is 0 Å². The number of ketones is 1. The Labute approximate surface area is 334 Å². The normalized spacial score (nSPS) is 31.3. The lowest BCUT2D eigenvalue weighted by Gasteiger charge is -2.39. The molecule has 8 aliphatic rings. The van der Waals surface area contributed by atoms with Crippen LogP contribution in [0.5, 0.6) is 11.5 Å². The van der Waals surface area contributed by atoms with Crippen molar-refractivity contribution in [2.75, 3.05) is 13.1 Å². The van der Waals surface area contributed by atoms with Crippen molar-refractivity contribution < 1.29 is 24.5 Å². The number of fused-ring (bicyclic) bond motifs is 6. The molecule has 0 saturated heterocycles. The van der Waals surface area contributed by atoms with E-state index >= 15 is 0 Å². The van der Waals surface area contributed by atoms with Gasteiger partial charge in [-0.2, -0.15) is 0 Å². The molecule has 0 radical (unpaired) electrons. The van der Waals surface area contributed by atoms with Gasteiger partial charge in [0.1, 0.15) is 18.0 Å². The van der Waals surface area contributed by atoms with E-state index < -0.39 is 29.8 Å². The molecule has 9 atom stereocenters. The number of Topliss-reactive ketones (excluding diaryl/α,β-unsaturated/α-hetero) is 1. The predicted molar refractivity (Wildman–Crippen MR) is 218 cm³/mol. The highest BCUT2D eigenvalue weighted by molar-refractivity contribution is 6.10. The lowest BCUT2D eigenvalue weighted by atomic mass is 9.71. The lowest BCUT2D eigenvalue weighted by molar-refractivity contribution is -0.121. The number of carbonyl (C=O) groups is 1. The van der Waals surface area contributed by atoms with E-state index in [-0.39, 0.29) is 36.1 Å². The maximum Gasteiger partial charge on any atom is 0.187 e. The molecule has 5 heterocycles. The zero-order valence-electron chi connectivity index (χ0n) is 32.4. The van der Waals surface area contributed by atoms with Gasteiger partial charge in [0.15, 0.2) is 17.7 Å². The number of nitrogens with two attached hydrogens (primary N) is 1. The Balaban J connectivity index is 1.01. The Morgan fingerprint density at radius 3 is 2.77 bits per heavy atom. The molecule has 0 unspecified atom stereocenters. The number of nitrogens with one attached hydrogen (secondary N) is 1. The van der Waals surface area contributed by atoms with Gasteiger partial charge in [0.25, 0.3) is 0 Å². The van der Waals surface area contributed by atoms with Crippen LogP contribution in [0.1, 0.15) is 110 Å². The summed E-state index contributed by atoms with van der Waals surface area (Å²) in [4.78, 5) is 20.4. The number of allylic oxidation sites excluding steroid dienone is 3. The molecule has 10 rings (SSSR count). The average Bonchev–Trinajstić information content (AvgIpc) is 3.96. The molecule has 1 fully saturated rings. The summed E-state index contributed by atoms with van der Waals surface area (Å²) in [5, 5.41) is 26.4. The van der Waals surface area contributed by atoms with Crippen molar-refractivity contribution >= 4 is 11.5 Å².